The second-order valence-electron chi connectivity index (χ2n) is 5.57. The molecule has 5 heteroatoms. The smallest absolute Gasteiger partial charge is 0.411 e. The van der Waals surface area contributed by atoms with Crippen molar-refractivity contribution in [3.8, 4) is 5.75 Å². The predicted molar refractivity (Wildman–Crippen MR) is 105 cm³/mol. The lowest BCUT2D eigenvalue weighted by molar-refractivity contribution is 0.187. The van der Waals surface area contributed by atoms with Crippen molar-refractivity contribution in [1.29, 1.82) is 0 Å². The third-order valence-electron chi connectivity index (χ3n) is 3.97. The van der Waals surface area contributed by atoms with Gasteiger partial charge < -0.3 is 9.47 Å². The first-order chi connectivity index (χ1) is 11.5. The molecule has 24 heavy (non-hydrogen) atoms. The largest absolute Gasteiger partial charge is 0.488 e. The Bertz CT molecular complexity index is 744. The Morgan fingerprint density at radius 3 is 2.58 bits per heavy atom. The third-order valence-corrected chi connectivity index (χ3v) is 4.98. The fraction of sp³-hybridized carbons (Fsp3) is 0.316. The molecular weight excluding hydrogens is 417 g/mol. The van der Waals surface area contributed by atoms with Gasteiger partial charge in [-0.1, -0.05) is 19.1 Å². The summed E-state index contributed by atoms with van der Waals surface area (Å²) in [5.41, 5.74) is 5.30. The maximum atomic E-state index is 11.5. The minimum atomic E-state index is -0.487. The minimum absolute atomic E-state index is 0.383. The molecule has 2 rings (SSSR count). The maximum absolute atomic E-state index is 11.5. The van der Waals surface area contributed by atoms with Crippen molar-refractivity contribution in [1.82, 2.24) is 0 Å². The number of ether oxygens (including phenoxy) is 2. The van der Waals surface area contributed by atoms with Gasteiger partial charge in [-0.15, -0.1) is 0 Å². The van der Waals surface area contributed by atoms with Crippen LogP contribution in [0.15, 0.2) is 30.3 Å². The molecule has 2 aromatic carbocycles. The number of hydrogen-bond donors (Lipinski definition) is 1. The normalized spacial score (nSPS) is 10.4. The molecule has 1 N–H and O–H groups in total. The monoisotopic (exact) mass is 439 g/mol. The summed E-state index contributed by atoms with van der Waals surface area (Å²) in [6.07, 6.45) is 0.425. The van der Waals surface area contributed by atoms with Crippen LogP contribution < -0.4 is 10.1 Å². The molecule has 0 saturated heterocycles. The summed E-state index contributed by atoms with van der Waals surface area (Å²) in [5, 5.41) is 2.74. The van der Waals surface area contributed by atoms with E-state index in [1.807, 2.05) is 18.2 Å². The van der Waals surface area contributed by atoms with Crippen LogP contribution in [-0.4, -0.2) is 13.2 Å². The maximum Gasteiger partial charge on any atom is 0.411 e. The van der Waals surface area contributed by atoms with E-state index in [9.17, 15) is 4.79 Å². The summed E-state index contributed by atoms with van der Waals surface area (Å²) < 4.78 is 11.8. The molecular formula is C19H22INO3. The van der Waals surface area contributed by atoms with Crippen LogP contribution in [0.25, 0.3) is 0 Å². The average molecular weight is 439 g/mol. The third kappa shape index (κ3) is 4.41. The van der Waals surface area contributed by atoms with Gasteiger partial charge >= 0.3 is 6.09 Å². The van der Waals surface area contributed by atoms with Crippen molar-refractivity contribution >= 4 is 34.4 Å². The highest BCUT2D eigenvalue weighted by atomic mass is 127. The van der Waals surface area contributed by atoms with Crippen LogP contribution in [0.2, 0.25) is 0 Å². The van der Waals surface area contributed by atoms with Gasteiger partial charge in [0.15, 0.2) is 0 Å². The number of anilines is 1. The van der Waals surface area contributed by atoms with E-state index in [4.69, 9.17) is 4.74 Å². The Hall–Kier alpha value is -1.76. The minimum Gasteiger partial charge on any atom is -0.488 e. The quantitative estimate of drug-likeness (QED) is 0.650. The number of rotatable bonds is 5. The lowest BCUT2D eigenvalue weighted by Crippen LogP contribution is -2.14. The number of benzene rings is 2. The second-order valence-corrected chi connectivity index (χ2v) is 6.73. The fourth-order valence-electron chi connectivity index (χ4n) is 2.39. The highest BCUT2D eigenvalue weighted by molar-refractivity contribution is 14.1. The van der Waals surface area contributed by atoms with E-state index >= 15 is 0 Å². The second kappa shape index (κ2) is 8.37. The molecule has 0 heterocycles. The number of aryl methyl sites for hydroxylation is 3. The van der Waals surface area contributed by atoms with Crippen LogP contribution in [0.5, 0.6) is 5.75 Å². The SMILES string of the molecule is CCc1cc(C)c(C)cc1OCc1c(I)cccc1NC(=O)OC. The molecule has 0 aliphatic rings. The lowest BCUT2D eigenvalue weighted by atomic mass is 10.0. The molecule has 0 bridgehead atoms. The zero-order valence-electron chi connectivity index (χ0n) is 14.4. The first-order valence-corrected chi connectivity index (χ1v) is 8.89. The molecule has 0 unspecified atom stereocenters. The van der Waals surface area contributed by atoms with Crippen molar-refractivity contribution in [2.24, 2.45) is 0 Å². The van der Waals surface area contributed by atoms with Gasteiger partial charge in [-0.25, -0.2) is 4.79 Å². The van der Waals surface area contributed by atoms with E-state index in [-0.39, 0.29) is 0 Å². The van der Waals surface area contributed by atoms with E-state index < -0.39 is 6.09 Å². The van der Waals surface area contributed by atoms with Crippen LogP contribution in [0, 0.1) is 17.4 Å². The molecule has 0 radical (unpaired) electrons. The standard InChI is InChI=1S/C19H22INO3/c1-5-14-9-12(2)13(3)10-18(14)24-11-15-16(20)7-6-8-17(15)21-19(22)23-4/h6-10H,5,11H2,1-4H3,(H,21,22). The Kier molecular flexibility index (Phi) is 6.48. The van der Waals surface area contributed by atoms with E-state index in [1.54, 1.807) is 0 Å². The molecule has 0 atom stereocenters. The van der Waals surface area contributed by atoms with Gasteiger partial charge in [0.1, 0.15) is 12.4 Å². The Morgan fingerprint density at radius 2 is 1.92 bits per heavy atom. The summed E-state index contributed by atoms with van der Waals surface area (Å²) in [6.45, 7) is 6.69. The Balaban J connectivity index is 2.26. The number of methoxy groups -OCH3 is 1. The van der Waals surface area contributed by atoms with Gasteiger partial charge in [0.25, 0.3) is 0 Å². The average Bonchev–Trinajstić information content (AvgIpc) is 2.56. The van der Waals surface area contributed by atoms with Gasteiger partial charge in [0.05, 0.1) is 12.8 Å². The topological polar surface area (TPSA) is 47.6 Å². The summed E-state index contributed by atoms with van der Waals surface area (Å²) in [4.78, 5) is 11.5. The Morgan fingerprint density at radius 1 is 1.21 bits per heavy atom. The molecule has 0 aliphatic heterocycles. The first-order valence-electron chi connectivity index (χ1n) is 7.81. The zero-order chi connectivity index (χ0) is 17.7. The summed E-state index contributed by atoms with van der Waals surface area (Å²) in [6, 6.07) is 9.98. The van der Waals surface area contributed by atoms with Gasteiger partial charge in [0, 0.05) is 9.13 Å². The number of halogens is 1. The highest BCUT2D eigenvalue weighted by Crippen LogP contribution is 2.28. The van der Waals surface area contributed by atoms with Crippen molar-refractivity contribution in [3.05, 3.63) is 56.2 Å². The van der Waals surface area contributed by atoms with E-state index in [2.05, 4.69) is 65.5 Å². The zero-order valence-corrected chi connectivity index (χ0v) is 16.6. The first kappa shape index (κ1) is 18.6. The van der Waals surface area contributed by atoms with Crippen LogP contribution in [0.1, 0.15) is 29.2 Å². The molecule has 0 saturated carbocycles. The van der Waals surface area contributed by atoms with Crippen molar-refractivity contribution < 1.29 is 14.3 Å². The van der Waals surface area contributed by atoms with Crippen LogP contribution in [-0.2, 0) is 17.8 Å². The van der Waals surface area contributed by atoms with Crippen LogP contribution >= 0.6 is 22.6 Å². The van der Waals surface area contributed by atoms with Gasteiger partial charge in [-0.05, 0) is 77.7 Å². The summed E-state index contributed by atoms with van der Waals surface area (Å²) >= 11 is 2.25. The van der Waals surface area contributed by atoms with Crippen LogP contribution in [0.3, 0.4) is 0 Å². The number of carbonyl (C=O) groups is 1. The highest BCUT2D eigenvalue weighted by Gasteiger charge is 2.12. The van der Waals surface area contributed by atoms with Gasteiger partial charge in [-0.2, -0.15) is 0 Å². The Labute approximate surface area is 156 Å². The van der Waals surface area contributed by atoms with E-state index in [0.29, 0.717) is 12.3 Å². The van der Waals surface area contributed by atoms with Gasteiger partial charge in [-0.3, -0.25) is 5.32 Å². The molecule has 0 spiro atoms. The molecule has 0 fully saturated rings. The van der Waals surface area contributed by atoms with Crippen molar-refractivity contribution in [3.63, 3.8) is 0 Å². The van der Waals surface area contributed by atoms with E-state index in [1.165, 1.54) is 23.8 Å². The van der Waals surface area contributed by atoms with Crippen molar-refractivity contribution in [2.75, 3.05) is 12.4 Å². The molecule has 0 aliphatic carbocycles. The number of amides is 1. The van der Waals surface area contributed by atoms with Gasteiger partial charge in [0.2, 0.25) is 0 Å². The molecule has 0 aromatic heterocycles. The number of hydrogen-bond acceptors (Lipinski definition) is 3. The molecule has 2 aromatic rings. The van der Waals surface area contributed by atoms with E-state index in [0.717, 1.165) is 21.3 Å². The lowest BCUT2D eigenvalue weighted by Gasteiger charge is -2.16. The van der Waals surface area contributed by atoms with Crippen LogP contribution in [0.4, 0.5) is 10.5 Å². The molecule has 4 nitrogen and oxygen atoms in total. The molecule has 1 amide bonds. The van der Waals surface area contributed by atoms with Crippen molar-refractivity contribution in [2.45, 2.75) is 33.8 Å². The fourth-order valence-corrected chi connectivity index (χ4v) is 3.05. The number of nitrogens with one attached hydrogen (secondary N) is 1. The summed E-state index contributed by atoms with van der Waals surface area (Å²) in [5.74, 6) is 0.893. The predicted octanol–water partition coefficient (Wildman–Crippen LogP) is 5.23. The molecule has 128 valence electrons. The number of carbonyl (C=O) groups excluding carboxylic acids is 1. The summed E-state index contributed by atoms with van der Waals surface area (Å²) in [7, 11) is 1.35.